The molecule has 2 heterocycles. The highest BCUT2D eigenvalue weighted by molar-refractivity contribution is 6.03. The highest BCUT2D eigenvalue weighted by Crippen LogP contribution is 2.37. The Morgan fingerprint density at radius 1 is 1.09 bits per heavy atom. The number of hydrogen-bond acceptors (Lipinski definition) is 8. The summed E-state index contributed by atoms with van der Waals surface area (Å²) in [5, 5.41) is 2.38. The van der Waals surface area contributed by atoms with E-state index in [1.807, 2.05) is 11.9 Å². The number of para-hydroxylation sites is 1. The van der Waals surface area contributed by atoms with Crippen LogP contribution in [-0.4, -0.2) is 63.5 Å². The maximum absolute atomic E-state index is 13.7. The van der Waals surface area contributed by atoms with Gasteiger partial charge in [0.15, 0.2) is 5.69 Å². The van der Waals surface area contributed by atoms with Crippen LogP contribution in [0, 0.1) is 0 Å². The van der Waals surface area contributed by atoms with E-state index in [0.29, 0.717) is 19.0 Å². The van der Waals surface area contributed by atoms with Gasteiger partial charge in [-0.05, 0) is 24.3 Å². The van der Waals surface area contributed by atoms with E-state index >= 15 is 0 Å². The van der Waals surface area contributed by atoms with Gasteiger partial charge < -0.3 is 28.8 Å². The summed E-state index contributed by atoms with van der Waals surface area (Å²) in [5.74, 6) is -1.65. The summed E-state index contributed by atoms with van der Waals surface area (Å²) in [4.78, 5) is 22.3. The molecule has 188 valence electrons. The predicted molar refractivity (Wildman–Crippen MR) is 122 cm³/mol. The van der Waals surface area contributed by atoms with Gasteiger partial charge in [-0.25, -0.2) is 9.97 Å². The summed E-state index contributed by atoms with van der Waals surface area (Å²) in [6.45, 7) is 1.51. The van der Waals surface area contributed by atoms with Gasteiger partial charge in [0, 0.05) is 27.8 Å². The zero-order chi connectivity index (χ0) is 25.4. The predicted octanol–water partition coefficient (Wildman–Crippen LogP) is 4.12. The van der Waals surface area contributed by atoms with E-state index in [1.165, 1.54) is 25.4 Å². The number of ether oxygens (including phenoxy) is 3. The van der Waals surface area contributed by atoms with Crippen LogP contribution in [0.25, 0.3) is 11.5 Å². The van der Waals surface area contributed by atoms with Crippen molar-refractivity contribution in [2.75, 3.05) is 57.8 Å². The van der Waals surface area contributed by atoms with Crippen LogP contribution in [0.1, 0.15) is 16.2 Å². The summed E-state index contributed by atoms with van der Waals surface area (Å²) in [5.41, 5.74) is -1.09. The molecule has 0 atom stereocenters. The molecule has 3 aromatic rings. The molecule has 0 aliphatic heterocycles. The third-order valence-electron chi connectivity index (χ3n) is 4.79. The number of nitrogens with one attached hydrogen (secondary N) is 1. The fourth-order valence-electron chi connectivity index (χ4n) is 3.00. The molecule has 0 bridgehead atoms. The van der Waals surface area contributed by atoms with Gasteiger partial charge in [0.05, 0.1) is 30.7 Å². The number of pyridine rings is 1. The highest BCUT2D eigenvalue weighted by atomic mass is 19.4. The SMILES string of the molecule is COCCOc1ccccc1-c1nc(C(F)(F)F)c(C(=O)Nc2ccc(N(C)CCOC)nc2)o1. The van der Waals surface area contributed by atoms with Gasteiger partial charge in [0.1, 0.15) is 18.2 Å². The maximum Gasteiger partial charge on any atom is 0.437 e. The Bertz CT molecular complexity index is 1120. The standard InChI is InChI=1S/C23H25F3N4O5/c1-30(10-11-32-2)18-9-8-15(14-27-18)28-21(31)19-20(23(24,25)26)29-22(35-19)16-6-4-5-7-17(16)34-13-12-33-3/h4-9,14H,10-13H2,1-3H3,(H,28,31). The number of halogens is 3. The molecule has 0 fully saturated rings. The lowest BCUT2D eigenvalue weighted by Gasteiger charge is -2.17. The smallest absolute Gasteiger partial charge is 0.437 e. The minimum atomic E-state index is -4.92. The second-order valence-corrected chi connectivity index (χ2v) is 7.31. The number of nitrogens with zero attached hydrogens (tertiary/aromatic N) is 3. The number of hydrogen-bond donors (Lipinski definition) is 1. The van der Waals surface area contributed by atoms with Crippen molar-refractivity contribution in [2.24, 2.45) is 0 Å². The molecule has 0 aliphatic rings. The molecule has 0 spiro atoms. The molecule has 0 aliphatic carbocycles. The molecule has 9 nitrogen and oxygen atoms in total. The molecule has 2 aromatic heterocycles. The van der Waals surface area contributed by atoms with Crippen LogP contribution >= 0.6 is 0 Å². The molecular formula is C23H25F3N4O5. The van der Waals surface area contributed by atoms with Gasteiger partial charge in [-0.3, -0.25) is 4.79 Å². The number of methoxy groups -OCH3 is 2. The Balaban J connectivity index is 1.85. The monoisotopic (exact) mass is 494 g/mol. The van der Waals surface area contributed by atoms with Crippen LogP contribution in [0.3, 0.4) is 0 Å². The topological polar surface area (TPSA) is 99.0 Å². The van der Waals surface area contributed by atoms with Crippen molar-refractivity contribution in [3.8, 4) is 17.2 Å². The molecule has 1 amide bonds. The second kappa shape index (κ2) is 11.7. The Hall–Kier alpha value is -3.64. The number of amides is 1. The number of aromatic nitrogens is 2. The first-order chi connectivity index (χ1) is 16.7. The second-order valence-electron chi connectivity index (χ2n) is 7.31. The van der Waals surface area contributed by atoms with Gasteiger partial charge in [-0.15, -0.1) is 0 Å². The molecule has 3 rings (SSSR count). The van der Waals surface area contributed by atoms with Crippen molar-refractivity contribution >= 4 is 17.4 Å². The van der Waals surface area contributed by atoms with Crippen molar-refractivity contribution in [1.82, 2.24) is 9.97 Å². The van der Waals surface area contributed by atoms with Crippen molar-refractivity contribution < 1.29 is 36.6 Å². The van der Waals surface area contributed by atoms with Crippen molar-refractivity contribution in [1.29, 1.82) is 0 Å². The molecule has 1 aromatic carbocycles. The Kier molecular flexibility index (Phi) is 8.66. The van der Waals surface area contributed by atoms with Gasteiger partial charge in [-0.2, -0.15) is 13.2 Å². The normalized spacial score (nSPS) is 11.4. The summed E-state index contributed by atoms with van der Waals surface area (Å²) >= 11 is 0. The summed E-state index contributed by atoms with van der Waals surface area (Å²) < 4.78 is 61.9. The number of rotatable bonds is 11. The molecule has 12 heteroatoms. The van der Waals surface area contributed by atoms with E-state index in [1.54, 1.807) is 31.4 Å². The minimum absolute atomic E-state index is 0.164. The quantitative estimate of drug-likeness (QED) is 0.398. The van der Waals surface area contributed by atoms with Crippen LogP contribution in [0.4, 0.5) is 24.7 Å². The van der Waals surface area contributed by atoms with Gasteiger partial charge in [0.2, 0.25) is 11.7 Å². The number of carbonyl (C=O) groups excluding carboxylic acids is 1. The van der Waals surface area contributed by atoms with Crippen molar-refractivity contribution in [2.45, 2.75) is 6.18 Å². The number of anilines is 2. The zero-order valence-electron chi connectivity index (χ0n) is 19.4. The van der Waals surface area contributed by atoms with Gasteiger partial charge in [-0.1, -0.05) is 12.1 Å². The zero-order valence-corrected chi connectivity index (χ0v) is 19.4. The van der Waals surface area contributed by atoms with Crippen molar-refractivity contribution in [3.05, 3.63) is 54.0 Å². The Labute approximate surface area is 199 Å². The molecule has 0 saturated heterocycles. The number of benzene rings is 1. The Morgan fingerprint density at radius 3 is 2.49 bits per heavy atom. The van der Waals surface area contributed by atoms with Crippen LogP contribution in [0.5, 0.6) is 5.75 Å². The number of likely N-dealkylation sites (N-methyl/N-ethyl adjacent to an activating group) is 1. The highest BCUT2D eigenvalue weighted by Gasteiger charge is 2.41. The fraction of sp³-hybridized carbons (Fsp3) is 0.348. The van der Waals surface area contributed by atoms with Crippen LogP contribution in [0.15, 0.2) is 47.0 Å². The lowest BCUT2D eigenvalue weighted by molar-refractivity contribution is -0.141. The molecule has 35 heavy (non-hydrogen) atoms. The van der Waals surface area contributed by atoms with Gasteiger partial charge in [0.25, 0.3) is 5.91 Å². The number of carbonyl (C=O) groups is 1. The molecular weight excluding hydrogens is 469 g/mol. The lowest BCUT2D eigenvalue weighted by Crippen LogP contribution is -2.23. The molecule has 0 unspecified atom stereocenters. The molecule has 0 saturated carbocycles. The average molecular weight is 494 g/mol. The third kappa shape index (κ3) is 6.70. The van der Waals surface area contributed by atoms with E-state index < -0.39 is 29.4 Å². The van der Waals surface area contributed by atoms with E-state index in [9.17, 15) is 18.0 Å². The van der Waals surface area contributed by atoms with Gasteiger partial charge >= 0.3 is 6.18 Å². The summed E-state index contributed by atoms with van der Waals surface area (Å²) in [6.07, 6.45) is -3.59. The molecule has 0 radical (unpaired) electrons. The van der Waals surface area contributed by atoms with Crippen LogP contribution in [-0.2, 0) is 15.7 Å². The van der Waals surface area contributed by atoms with Crippen molar-refractivity contribution in [3.63, 3.8) is 0 Å². The number of oxazole rings is 1. The van der Waals surface area contributed by atoms with Crippen LogP contribution < -0.4 is 15.0 Å². The van der Waals surface area contributed by atoms with E-state index in [4.69, 9.17) is 18.6 Å². The Morgan fingerprint density at radius 2 is 1.83 bits per heavy atom. The van der Waals surface area contributed by atoms with E-state index in [-0.39, 0.29) is 30.2 Å². The van der Waals surface area contributed by atoms with Crippen LogP contribution in [0.2, 0.25) is 0 Å². The fourth-order valence-corrected chi connectivity index (χ4v) is 3.00. The largest absolute Gasteiger partial charge is 0.490 e. The molecule has 1 N–H and O–H groups in total. The summed E-state index contributed by atoms with van der Waals surface area (Å²) in [7, 11) is 4.88. The summed E-state index contributed by atoms with van der Waals surface area (Å²) in [6, 6.07) is 9.42. The maximum atomic E-state index is 13.7. The van der Waals surface area contributed by atoms with E-state index in [0.717, 1.165) is 0 Å². The first kappa shape index (κ1) is 26.0. The average Bonchev–Trinajstić information content (AvgIpc) is 3.30. The number of alkyl halides is 3. The first-order valence-corrected chi connectivity index (χ1v) is 10.5. The lowest BCUT2D eigenvalue weighted by atomic mass is 10.2. The first-order valence-electron chi connectivity index (χ1n) is 10.5. The third-order valence-corrected chi connectivity index (χ3v) is 4.79. The van der Waals surface area contributed by atoms with E-state index in [2.05, 4.69) is 15.3 Å². The minimum Gasteiger partial charge on any atom is -0.490 e.